The minimum atomic E-state index is -0.534. The van der Waals surface area contributed by atoms with Crippen LogP contribution in [0.25, 0.3) is 22.6 Å². The summed E-state index contributed by atoms with van der Waals surface area (Å²) in [5, 5.41) is 12.0. The van der Waals surface area contributed by atoms with Gasteiger partial charge in [0.25, 0.3) is 0 Å². The lowest BCUT2D eigenvalue weighted by Gasteiger charge is -2.14. The Bertz CT molecular complexity index is 1020. The van der Waals surface area contributed by atoms with Crippen molar-refractivity contribution >= 4 is 11.8 Å². The molecule has 1 aliphatic heterocycles. The summed E-state index contributed by atoms with van der Waals surface area (Å²) >= 11 is 0. The zero-order valence-corrected chi connectivity index (χ0v) is 15.4. The molecule has 0 aliphatic carbocycles. The second-order valence-electron chi connectivity index (χ2n) is 6.45. The zero-order chi connectivity index (χ0) is 20.4. The van der Waals surface area contributed by atoms with Crippen molar-refractivity contribution in [3.05, 3.63) is 42.3 Å². The Morgan fingerprint density at radius 2 is 2.10 bits per heavy atom. The monoisotopic (exact) mass is 398 g/mol. The van der Waals surface area contributed by atoms with E-state index in [1.807, 2.05) is 0 Å². The predicted octanol–water partition coefficient (Wildman–Crippen LogP) is 0.784. The van der Waals surface area contributed by atoms with Crippen molar-refractivity contribution in [1.82, 2.24) is 25.2 Å². The molecular formula is C18H19FN8O2. The van der Waals surface area contributed by atoms with E-state index in [4.69, 9.17) is 16.2 Å². The number of carbonyl (C=O) groups is 1. The number of cyclic esters (lactones) is 1. The van der Waals surface area contributed by atoms with Gasteiger partial charge >= 0.3 is 6.09 Å². The highest BCUT2D eigenvalue weighted by Gasteiger charge is 2.31. The minimum absolute atomic E-state index is 0.218. The van der Waals surface area contributed by atoms with E-state index in [1.165, 1.54) is 22.0 Å². The van der Waals surface area contributed by atoms with Crippen molar-refractivity contribution in [2.24, 2.45) is 11.5 Å². The lowest BCUT2D eigenvalue weighted by Crippen LogP contribution is -2.27. The number of nitrogens with zero attached hydrogens (tertiary/aromatic N) is 6. The summed E-state index contributed by atoms with van der Waals surface area (Å²) in [7, 11) is 0. The molecule has 0 bridgehead atoms. The number of benzene rings is 1. The smallest absolute Gasteiger partial charge is 0.414 e. The van der Waals surface area contributed by atoms with Crippen molar-refractivity contribution in [1.29, 1.82) is 0 Å². The van der Waals surface area contributed by atoms with Gasteiger partial charge in [-0.25, -0.2) is 9.18 Å². The van der Waals surface area contributed by atoms with Gasteiger partial charge in [0, 0.05) is 30.4 Å². The van der Waals surface area contributed by atoms with E-state index in [0.717, 1.165) is 0 Å². The summed E-state index contributed by atoms with van der Waals surface area (Å²) in [5.74, 6) is -0.115. The quantitative estimate of drug-likeness (QED) is 0.621. The Morgan fingerprint density at radius 1 is 1.24 bits per heavy atom. The maximum Gasteiger partial charge on any atom is 0.414 e. The van der Waals surface area contributed by atoms with Crippen LogP contribution in [0.5, 0.6) is 0 Å². The van der Waals surface area contributed by atoms with Crippen LogP contribution in [0.15, 0.2) is 36.5 Å². The standard InChI is InChI=1S/C18H19FN8O2/c19-15-7-12(26-10-13(8-21)29-18(26)28)2-3-14(15)11-1-4-16(22-9-11)17-23-25-27(24-17)6-5-20/h1-4,7,9,13H,5-6,8,10,20-21H2/t13-/m0/s1. The zero-order valence-electron chi connectivity index (χ0n) is 15.4. The third kappa shape index (κ3) is 3.77. The van der Waals surface area contributed by atoms with Crippen LogP contribution in [0.1, 0.15) is 0 Å². The number of halogens is 1. The number of hydrogen-bond acceptors (Lipinski definition) is 8. The fourth-order valence-corrected chi connectivity index (χ4v) is 3.00. The number of carbonyl (C=O) groups excluding carboxylic acids is 1. The van der Waals surface area contributed by atoms with Gasteiger partial charge in [0.1, 0.15) is 17.6 Å². The first-order valence-corrected chi connectivity index (χ1v) is 9.01. The van der Waals surface area contributed by atoms with E-state index in [9.17, 15) is 9.18 Å². The van der Waals surface area contributed by atoms with Gasteiger partial charge < -0.3 is 16.2 Å². The van der Waals surface area contributed by atoms with Crippen molar-refractivity contribution < 1.29 is 13.9 Å². The molecule has 4 N–H and O–H groups in total. The molecule has 0 saturated carbocycles. The fraction of sp³-hybridized carbons (Fsp3) is 0.278. The van der Waals surface area contributed by atoms with Gasteiger partial charge in [-0.2, -0.15) is 4.80 Å². The molecule has 2 aromatic heterocycles. The Kier molecular flexibility index (Phi) is 5.14. The average Bonchev–Trinajstić information content (AvgIpc) is 3.35. The third-order valence-electron chi connectivity index (χ3n) is 4.49. The Labute approximate surface area is 165 Å². The molecule has 3 aromatic rings. The second-order valence-corrected chi connectivity index (χ2v) is 6.45. The number of anilines is 1. The van der Waals surface area contributed by atoms with Crippen LogP contribution in [-0.2, 0) is 11.3 Å². The Morgan fingerprint density at radius 3 is 2.76 bits per heavy atom. The topological polar surface area (TPSA) is 138 Å². The molecule has 1 amide bonds. The predicted molar refractivity (Wildman–Crippen MR) is 102 cm³/mol. The van der Waals surface area contributed by atoms with Gasteiger partial charge in [0.15, 0.2) is 0 Å². The Hall–Kier alpha value is -3.44. The van der Waals surface area contributed by atoms with E-state index in [1.54, 1.807) is 24.3 Å². The number of hydrogen-bond donors (Lipinski definition) is 2. The largest absolute Gasteiger partial charge is 0.443 e. The average molecular weight is 398 g/mol. The normalized spacial score (nSPS) is 16.3. The van der Waals surface area contributed by atoms with Crippen LogP contribution in [-0.4, -0.2) is 57.0 Å². The van der Waals surface area contributed by atoms with Crippen molar-refractivity contribution in [3.63, 3.8) is 0 Å². The van der Waals surface area contributed by atoms with Gasteiger partial charge in [0.05, 0.1) is 18.8 Å². The number of pyridine rings is 1. The van der Waals surface area contributed by atoms with Gasteiger partial charge in [-0.05, 0) is 29.5 Å². The number of amides is 1. The van der Waals surface area contributed by atoms with Crippen LogP contribution in [0, 0.1) is 5.82 Å². The SMILES string of the molecule is NCCn1nnc(-c2ccc(-c3ccc(N4C[C@H](CN)OC4=O)cc3F)cn2)n1. The summed E-state index contributed by atoms with van der Waals surface area (Å²) in [6.45, 7) is 1.37. The van der Waals surface area contributed by atoms with Crippen LogP contribution in [0.2, 0.25) is 0 Å². The van der Waals surface area contributed by atoms with Crippen molar-refractivity contribution in [2.75, 3.05) is 24.5 Å². The number of tetrazole rings is 1. The molecule has 1 aliphatic rings. The van der Waals surface area contributed by atoms with Crippen molar-refractivity contribution in [3.8, 4) is 22.6 Å². The molecule has 0 radical (unpaired) electrons. The van der Waals surface area contributed by atoms with E-state index < -0.39 is 18.0 Å². The third-order valence-corrected chi connectivity index (χ3v) is 4.49. The fourth-order valence-electron chi connectivity index (χ4n) is 3.00. The molecule has 1 aromatic carbocycles. The number of ether oxygens (including phenoxy) is 1. The maximum atomic E-state index is 14.7. The van der Waals surface area contributed by atoms with Gasteiger partial charge in [-0.3, -0.25) is 9.88 Å². The first-order chi connectivity index (χ1) is 14.1. The van der Waals surface area contributed by atoms with E-state index in [0.29, 0.717) is 48.0 Å². The molecule has 1 saturated heterocycles. The molecule has 1 fully saturated rings. The molecule has 0 spiro atoms. The highest BCUT2D eigenvalue weighted by molar-refractivity contribution is 5.90. The molecule has 4 rings (SSSR count). The number of rotatable bonds is 6. The van der Waals surface area contributed by atoms with Gasteiger partial charge in [-0.1, -0.05) is 6.07 Å². The number of nitrogens with two attached hydrogens (primary N) is 2. The molecule has 11 heteroatoms. The molecule has 1 atom stereocenters. The first-order valence-electron chi connectivity index (χ1n) is 9.01. The summed E-state index contributed by atoms with van der Waals surface area (Å²) in [4.78, 5) is 19.0. The van der Waals surface area contributed by atoms with E-state index >= 15 is 0 Å². The molecule has 150 valence electrons. The molecule has 29 heavy (non-hydrogen) atoms. The van der Waals surface area contributed by atoms with Crippen LogP contribution >= 0.6 is 0 Å². The molecule has 0 unspecified atom stereocenters. The molecule has 3 heterocycles. The summed E-state index contributed by atoms with van der Waals surface area (Å²) in [5.41, 5.74) is 12.9. The molecule has 10 nitrogen and oxygen atoms in total. The van der Waals surface area contributed by atoms with E-state index in [2.05, 4.69) is 20.4 Å². The van der Waals surface area contributed by atoms with E-state index in [-0.39, 0.29) is 6.54 Å². The summed E-state index contributed by atoms with van der Waals surface area (Å²) in [6.07, 6.45) is 0.609. The lowest BCUT2D eigenvalue weighted by molar-refractivity contribution is 0.145. The van der Waals surface area contributed by atoms with Crippen LogP contribution in [0.3, 0.4) is 0 Å². The minimum Gasteiger partial charge on any atom is -0.443 e. The van der Waals surface area contributed by atoms with Crippen molar-refractivity contribution in [2.45, 2.75) is 12.6 Å². The second kappa shape index (κ2) is 7.89. The maximum absolute atomic E-state index is 14.7. The Balaban J connectivity index is 1.54. The van der Waals surface area contributed by atoms with Crippen LogP contribution < -0.4 is 16.4 Å². The van der Waals surface area contributed by atoms with Gasteiger partial charge in [0.2, 0.25) is 5.82 Å². The van der Waals surface area contributed by atoms with Gasteiger partial charge in [-0.15, -0.1) is 10.2 Å². The highest BCUT2D eigenvalue weighted by atomic mass is 19.1. The lowest BCUT2D eigenvalue weighted by atomic mass is 10.1. The molecular weight excluding hydrogens is 379 g/mol. The summed E-state index contributed by atoms with van der Waals surface area (Å²) in [6, 6.07) is 7.96. The highest BCUT2D eigenvalue weighted by Crippen LogP contribution is 2.29. The van der Waals surface area contributed by atoms with Crippen LogP contribution in [0.4, 0.5) is 14.9 Å². The summed E-state index contributed by atoms with van der Waals surface area (Å²) < 4.78 is 19.8. The first kappa shape index (κ1) is 18.9. The number of aromatic nitrogens is 5.